The summed E-state index contributed by atoms with van der Waals surface area (Å²) in [6, 6.07) is 12.3. The maximum Gasteiger partial charge on any atom is 0.208 e. The molecule has 5 nitrogen and oxygen atoms in total. The highest BCUT2D eigenvalue weighted by atomic mass is 32.2. The molecule has 1 fully saturated rings. The van der Waals surface area contributed by atoms with E-state index in [4.69, 9.17) is 0 Å². The summed E-state index contributed by atoms with van der Waals surface area (Å²) >= 11 is 0. The zero-order valence-electron chi connectivity index (χ0n) is 17.4. The molecular formula is C24H25N3O2S. The monoisotopic (exact) mass is 419 g/mol. The number of aromatic nitrogens is 2. The van der Waals surface area contributed by atoms with Crippen molar-refractivity contribution in [2.24, 2.45) is 14.1 Å². The maximum atomic E-state index is 13.8. The second-order valence-corrected chi connectivity index (χ2v) is 10.8. The predicted molar refractivity (Wildman–Crippen MR) is 119 cm³/mol. The summed E-state index contributed by atoms with van der Waals surface area (Å²) in [7, 11) is 0.377. The molecule has 0 spiro atoms. The van der Waals surface area contributed by atoms with Gasteiger partial charge in [-0.15, -0.1) is 0 Å². The fourth-order valence-electron chi connectivity index (χ4n) is 5.75. The first-order valence-corrected chi connectivity index (χ1v) is 12.0. The summed E-state index contributed by atoms with van der Waals surface area (Å²) in [5.41, 5.74) is 5.76. The van der Waals surface area contributed by atoms with Crippen molar-refractivity contribution in [2.45, 2.75) is 48.1 Å². The smallest absolute Gasteiger partial charge is 0.208 e. The lowest BCUT2D eigenvalue weighted by Crippen LogP contribution is -2.32. The topological polar surface area (TPSA) is 56.0 Å². The summed E-state index contributed by atoms with van der Waals surface area (Å²) < 4.78 is 31.7. The first kappa shape index (κ1) is 18.2. The van der Waals surface area contributed by atoms with Crippen molar-refractivity contribution < 1.29 is 8.42 Å². The van der Waals surface area contributed by atoms with Crippen molar-refractivity contribution in [2.75, 3.05) is 0 Å². The van der Waals surface area contributed by atoms with Crippen LogP contribution in [0, 0.1) is 6.92 Å². The van der Waals surface area contributed by atoms with Crippen LogP contribution in [0.4, 0.5) is 0 Å². The van der Waals surface area contributed by atoms with Crippen molar-refractivity contribution >= 4 is 31.6 Å². The van der Waals surface area contributed by atoms with Crippen molar-refractivity contribution in [1.29, 1.82) is 0 Å². The fourth-order valence-corrected chi connectivity index (χ4v) is 7.36. The Morgan fingerprint density at radius 2 is 1.87 bits per heavy atom. The number of nitrogens with one attached hydrogen (secondary N) is 1. The lowest BCUT2D eigenvalue weighted by Gasteiger charge is -2.23. The van der Waals surface area contributed by atoms with Crippen LogP contribution in [0.25, 0.3) is 21.8 Å². The lowest BCUT2D eigenvalue weighted by molar-refractivity contribution is 0.503. The SMILES string of the molecule is Cc1cc(S(=O)(=O)c2cn(C)c3ccccc23)cc2c3c(n(C)c12)CC1CCC3N1. The van der Waals surface area contributed by atoms with Crippen LogP contribution in [-0.4, -0.2) is 23.6 Å². The van der Waals surface area contributed by atoms with Crippen LogP contribution in [0.5, 0.6) is 0 Å². The molecule has 2 aromatic heterocycles. The quantitative estimate of drug-likeness (QED) is 0.531. The number of para-hydroxylation sites is 1. The third-order valence-electron chi connectivity index (χ3n) is 7.10. The normalized spacial score (nSPS) is 20.9. The van der Waals surface area contributed by atoms with E-state index in [0.717, 1.165) is 40.2 Å². The number of nitrogens with zero attached hydrogens (tertiary/aromatic N) is 2. The molecule has 0 saturated carbocycles. The Morgan fingerprint density at radius 3 is 2.70 bits per heavy atom. The number of hydrogen-bond acceptors (Lipinski definition) is 3. The summed E-state index contributed by atoms with van der Waals surface area (Å²) in [4.78, 5) is 0.764. The van der Waals surface area contributed by atoms with Gasteiger partial charge < -0.3 is 14.5 Å². The van der Waals surface area contributed by atoms with Gasteiger partial charge in [0.1, 0.15) is 0 Å². The van der Waals surface area contributed by atoms with Gasteiger partial charge in [-0.05, 0) is 49.1 Å². The Kier molecular flexibility index (Phi) is 3.64. The molecule has 30 heavy (non-hydrogen) atoms. The van der Waals surface area contributed by atoms with Gasteiger partial charge in [-0.2, -0.15) is 0 Å². The van der Waals surface area contributed by atoms with E-state index in [9.17, 15) is 8.42 Å². The minimum atomic E-state index is -3.64. The van der Waals surface area contributed by atoms with E-state index in [0.29, 0.717) is 21.9 Å². The van der Waals surface area contributed by atoms with E-state index >= 15 is 0 Å². The molecule has 154 valence electrons. The largest absolute Gasteiger partial charge is 0.349 e. The molecule has 4 aromatic rings. The molecule has 6 rings (SSSR count). The van der Waals surface area contributed by atoms with Crippen LogP contribution in [0.2, 0.25) is 0 Å². The van der Waals surface area contributed by atoms with Gasteiger partial charge in [-0.25, -0.2) is 8.42 Å². The number of aryl methyl sites for hydroxylation is 3. The number of rotatable bonds is 2. The minimum absolute atomic E-state index is 0.331. The molecule has 0 radical (unpaired) electrons. The van der Waals surface area contributed by atoms with Crippen molar-refractivity contribution in [3.05, 3.63) is 59.4 Å². The fraction of sp³-hybridized carbons (Fsp3) is 0.333. The second kappa shape index (κ2) is 5.99. The van der Waals surface area contributed by atoms with Crippen LogP contribution >= 0.6 is 0 Å². The molecule has 2 atom stereocenters. The maximum absolute atomic E-state index is 13.8. The van der Waals surface area contributed by atoms with Crippen LogP contribution in [0.15, 0.2) is 52.4 Å². The molecule has 2 aliphatic rings. The Labute approximate surface area is 176 Å². The van der Waals surface area contributed by atoms with Gasteiger partial charge in [-0.1, -0.05) is 18.2 Å². The molecule has 2 aromatic carbocycles. The van der Waals surface area contributed by atoms with Gasteiger partial charge in [0.25, 0.3) is 0 Å². The van der Waals surface area contributed by atoms with E-state index in [2.05, 4.69) is 16.9 Å². The van der Waals surface area contributed by atoms with E-state index in [1.54, 1.807) is 6.20 Å². The molecule has 2 bridgehead atoms. The molecule has 2 unspecified atom stereocenters. The van der Waals surface area contributed by atoms with Gasteiger partial charge in [0.2, 0.25) is 9.84 Å². The molecule has 0 amide bonds. The molecule has 6 heteroatoms. The molecule has 1 N–H and O–H groups in total. The third kappa shape index (κ3) is 2.29. The van der Waals surface area contributed by atoms with Gasteiger partial charge in [-0.3, -0.25) is 0 Å². The standard InChI is InChI=1S/C24H25N3O2S/c1-14-10-16(30(28,29)22-13-26(2)20-7-5-4-6-17(20)22)12-18-23-19-9-8-15(25-19)11-21(23)27(3)24(14)18/h4-7,10,12-13,15,19,25H,8-9,11H2,1-3H3. The van der Waals surface area contributed by atoms with Crippen LogP contribution in [0.3, 0.4) is 0 Å². The van der Waals surface area contributed by atoms with Gasteiger partial charge in [0.05, 0.1) is 15.3 Å². The average Bonchev–Trinajstić information content (AvgIpc) is 3.36. The Bertz CT molecular complexity index is 1460. The molecule has 4 heterocycles. The summed E-state index contributed by atoms with van der Waals surface area (Å²) in [5, 5.41) is 5.58. The van der Waals surface area contributed by atoms with E-state index in [1.165, 1.54) is 17.7 Å². The number of benzene rings is 2. The average molecular weight is 420 g/mol. The Hall–Kier alpha value is -2.57. The van der Waals surface area contributed by atoms with Gasteiger partial charge >= 0.3 is 0 Å². The van der Waals surface area contributed by atoms with Gasteiger partial charge in [0.15, 0.2) is 0 Å². The van der Waals surface area contributed by atoms with Gasteiger partial charge in [0, 0.05) is 60.8 Å². The van der Waals surface area contributed by atoms with Crippen LogP contribution in [0.1, 0.15) is 35.7 Å². The lowest BCUT2D eigenvalue weighted by atomic mass is 9.98. The first-order valence-electron chi connectivity index (χ1n) is 10.5. The van der Waals surface area contributed by atoms with Crippen molar-refractivity contribution in [1.82, 2.24) is 14.5 Å². The number of fused-ring (bicyclic) bond motifs is 7. The Balaban J connectivity index is 1.62. The van der Waals surface area contributed by atoms with Crippen molar-refractivity contribution in [3.63, 3.8) is 0 Å². The molecule has 2 aliphatic heterocycles. The third-order valence-corrected chi connectivity index (χ3v) is 8.87. The van der Waals surface area contributed by atoms with Crippen LogP contribution in [-0.2, 0) is 30.4 Å². The molecule has 0 aliphatic carbocycles. The molecular weight excluding hydrogens is 394 g/mol. The first-order chi connectivity index (χ1) is 14.4. The summed E-state index contributed by atoms with van der Waals surface area (Å²) in [5.74, 6) is 0. The Morgan fingerprint density at radius 1 is 1.07 bits per heavy atom. The van der Waals surface area contributed by atoms with E-state index in [1.807, 2.05) is 54.9 Å². The number of sulfone groups is 1. The summed E-state index contributed by atoms with van der Waals surface area (Å²) in [6.45, 7) is 2.03. The van der Waals surface area contributed by atoms with E-state index in [-0.39, 0.29) is 0 Å². The zero-order chi connectivity index (χ0) is 20.8. The zero-order valence-corrected chi connectivity index (χ0v) is 18.3. The number of hydrogen-bond donors (Lipinski definition) is 1. The van der Waals surface area contributed by atoms with Crippen molar-refractivity contribution in [3.8, 4) is 0 Å². The minimum Gasteiger partial charge on any atom is -0.349 e. The highest BCUT2D eigenvalue weighted by Gasteiger charge is 2.36. The highest BCUT2D eigenvalue weighted by Crippen LogP contribution is 2.43. The predicted octanol–water partition coefficient (Wildman–Crippen LogP) is 4.16. The molecule has 1 saturated heterocycles. The second-order valence-electron chi connectivity index (χ2n) is 8.88. The van der Waals surface area contributed by atoms with Crippen LogP contribution < -0.4 is 5.32 Å². The van der Waals surface area contributed by atoms with E-state index < -0.39 is 9.84 Å². The summed E-state index contributed by atoms with van der Waals surface area (Å²) in [6.07, 6.45) is 5.06. The highest BCUT2D eigenvalue weighted by molar-refractivity contribution is 7.91.